The van der Waals surface area contributed by atoms with Crippen molar-refractivity contribution in [2.45, 2.75) is 130 Å². The van der Waals surface area contributed by atoms with Gasteiger partial charge in [-0.3, -0.25) is 19.2 Å². The fraction of sp³-hybridized carbons (Fsp3) is 0.468. The van der Waals surface area contributed by atoms with Gasteiger partial charge in [0.25, 0.3) is 0 Å². The molecule has 16 nitrogen and oxygen atoms in total. The molecule has 0 saturated heterocycles. The second-order valence-electron chi connectivity index (χ2n) is 16.1. The van der Waals surface area contributed by atoms with Crippen molar-refractivity contribution < 1.29 is 52.5 Å². The van der Waals surface area contributed by atoms with E-state index in [9.17, 15) is 33.6 Å². The summed E-state index contributed by atoms with van der Waals surface area (Å²) in [5.41, 5.74) is 1.47. The number of esters is 2. The highest BCUT2D eigenvalue weighted by atomic mass is 16.6. The van der Waals surface area contributed by atoms with Crippen LogP contribution in [-0.4, -0.2) is 78.2 Å². The van der Waals surface area contributed by atoms with Crippen molar-refractivity contribution in [1.82, 2.24) is 26.6 Å². The van der Waals surface area contributed by atoms with E-state index in [1.54, 1.807) is 52.0 Å². The van der Waals surface area contributed by atoms with Gasteiger partial charge in [-0.25, -0.2) is 14.4 Å². The number of carbonyl (C=O) groups is 7. The van der Waals surface area contributed by atoms with Gasteiger partial charge in [0, 0.05) is 13.0 Å². The van der Waals surface area contributed by atoms with Crippen LogP contribution in [0.5, 0.6) is 0 Å². The molecule has 3 rings (SSSR count). The van der Waals surface area contributed by atoms with Gasteiger partial charge in [-0.2, -0.15) is 0 Å². The lowest BCUT2D eigenvalue weighted by Gasteiger charge is -2.27. The highest BCUT2D eigenvalue weighted by Gasteiger charge is 2.33. The molecule has 0 aliphatic carbocycles. The van der Waals surface area contributed by atoms with Crippen LogP contribution in [0.3, 0.4) is 0 Å². The van der Waals surface area contributed by atoms with Crippen LogP contribution in [0.15, 0.2) is 91.0 Å². The zero-order chi connectivity index (χ0) is 46.2. The van der Waals surface area contributed by atoms with E-state index in [2.05, 4.69) is 26.6 Å². The Labute approximate surface area is 369 Å². The zero-order valence-electron chi connectivity index (χ0n) is 37.1. The number of nitrogens with one attached hydrogen (secondary N) is 5. The van der Waals surface area contributed by atoms with Gasteiger partial charge in [0.05, 0.1) is 0 Å². The van der Waals surface area contributed by atoms with E-state index >= 15 is 0 Å². The van der Waals surface area contributed by atoms with Crippen LogP contribution in [0.4, 0.5) is 9.59 Å². The van der Waals surface area contributed by atoms with E-state index in [4.69, 9.17) is 18.9 Å². The Morgan fingerprint density at radius 3 is 1.62 bits per heavy atom. The summed E-state index contributed by atoms with van der Waals surface area (Å²) in [6.07, 6.45) is -0.636. The summed E-state index contributed by atoms with van der Waals surface area (Å²) in [7, 11) is 0. The van der Waals surface area contributed by atoms with Gasteiger partial charge >= 0.3 is 24.1 Å². The van der Waals surface area contributed by atoms with E-state index in [1.807, 2.05) is 73.7 Å². The first-order valence-electron chi connectivity index (χ1n) is 21.3. The summed E-state index contributed by atoms with van der Waals surface area (Å²) >= 11 is 0. The number of rotatable bonds is 24. The van der Waals surface area contributed by atoms with Crippen LogP contribution in [0, 0.1) is 5.92 Å². The lowest BCUT2D eigenvalue weighted by atomic mass is 9.99. The minimum Gasteiger partial charge on any atom is -0.461 e. The number of carbonyl (C=O) groups excluding carboxylic acids is 7. The molecule has 5 atom stereocenters. The fourth-order valence-electron chi connectivity index (χ4n) is 5.92. The molecule has 0 aliphatic rings. The maximum atomic E-state index is 13.9. The van der Waals surface area contributed by atoms with Crippen molar-refractivity contribution in [3.63, 3.8) is 0 Å². The Balaban J connectivity index is 1.70. The Kier molecular flexibility index (Phi) is 21.6. The van der Waals surface area contributed by atoms with Crippen molar-refractivity contribution in [3.05, 3.63) is 108 Å². The molecule has 5 amide bonds. The molecule has 0 aliphatic heterocycles. The number of ether oxygens (including phenoxy) is 4. The molecule has 0 bridgehead atoms. The molecule has 5 N–H and O–H groups in total. The number of unbranched alkanes of at least 4 members (excludes halogenated alkanes) is 1. The van der Waals surface area contributed by atoms with Crippen molar-refractivity contribution in [2.24, 2.45) is 5.92 Å². The lowest BCUT2D eigenvalue weighted by Crippen LogP contribution is -2.57. The predicted octanol–water partition coefficient (Wildman–Crippen LogP) is 5.76. The molecule has 0 unspecified atom stereocenters. The van der Waals surface area contributed by atoms with Crippen LogP contribution in [0.25, 0.3) is 0 Å². The third kappa shape index (κ3) is 20.3. The maximum Gasteiger partial charge on any atom is 0.408 e. The summed E-state index contributed by atoms with van der Waals surface area (Å²) in [5.74, 6) is -3.83. The van der Waals surface area contributed by atoms with Crippen molar-refractivity contribution in [3.8, 4) is 0 Å². The van der Waals surface area contributed by atoms with Gasteiger partial charge in [-0.05, 0) is 76.0 Å². The second-order valence-corrected chi connectivity index (χ2v) is 16.1. The van der Waals surface area contributed by atoms with Crippen molar-refractivity contribution in [1.29, 1.82) is 0 Å². The maximum absolute atomic E-state index is 13.9. The second kappa shape index (κ2) is 26.8. The quantitative estimate of drug-likeness (QED) is 0.0414. The van der Waals surface area contributed by atoms with Crippen molar-refractivity contribution in [2.75, 3.05) is 6.54 Å². The average Bonchev–Trinajstić information content (AvgIpc) is 3.26. The first-order valence-corrected chi connectivity index (χ1v) is 21.3. The van der Waals surface area contributed by atoms with E-state index in [1.165, 1.54) is 6.92 Å². The molecule has 0 spiro atoms. The molecule has 3 aromatic carbocycles. The van der Waals surface area contributed by atoms with Crippen LogP contribution in [0.1, 0.15) is 96.8 Å². The molecule has 0 saturated carbocycles. The molecule has 16 heteroatoms. The topological polar surface area (TPSA) is 217 Å². The number of alkyl carbamates (subject to hydrolysis) is 2. The Morgan fingerprint density at radius 1 is 0.571 bits per heavy atom. The van der Waals surface area contributed by atoms with Gasteiger partial charge in [0.15, 0.2) is 0 Å². The monoisotopic (exact) mass is 873 g/mol. The Hall–Kier alpha value is -6.45. The molecule has 0 aromatic heterocycles. The number of amides is 5. The number of hydrogen-bond donors (Lipinski definition) is 5. The van der Waals surface area contributed by atoms with Crippen LogP contribution >= 0.6 is 0 Å². The van der Waals surface area contributed by atoms with Gasteiger partial charge in [-0.15, -0.1) is 0 Å². The summed E-state index contributed by atoms with van der Waals surface area (Å²) in [5, 5.41) is 13.2. The molecule has 3 aromatic rings. The van der Waals surface area contributed by atoms with Crippen LogP contribution in [0.2, 0.25) is 0 Å². The molecule has 342 valence electrons. The van der Waals surface area contributed by atoms with E-state index in [-0.39, 0.29) is 51.5 Å². The first-order chi connectivity index (χ1) is 30.0. The molecule has 0 fully saturated rings. The summed E-state index contributed by atoms with van der Waals surface area (Å²) in [6.45, 7) is 10.4. The fourth-order valence-corrected chi connectivity index (χ4v) is 5.92. The summed E-state index contributed by atoms with van der Waals surface area (Å²) in [4.78, 5) is 92.5. The van der Waals surface area contributed by atoms with E-state index < -0.39 is 71.6 Å². The van der Waals surface area contributed by atoms with E-state index in [0.717, 1.165) is 16.7 Å². The third-order valence-electron chi connectivity index (χ3n) is 9.66. The van der Waals surface area contributed by atoms with Crippen LogP contribution < -0.4 is 26.6 Å². The summed E-state index contributed by atoms with van der Waals surface area (Å²) < 4.78 is 21.6. The molecular formula is C47H63N5O11. The van der Waals surface area contributed by atoms with Gasteiger partial charge in [0.2, 0.25) is 17.7 Å². The third-order valence-corrected chi connectivity index (χ3v) is 9.66. The molecule has 0 heterocycles. The first kappa shape index (κ1) is 50.9. The SMILES string of the molecule is CC[C@H](C)[C@@H](NC(=O)[C@@H](C)NC(=O)[C@@H](CCC(=O)OCc1ccccc1)NC(=O)[C@@H](CCCCNC(=O)OCc1ccccc1)NC(=O)OC(C)(C)C)C(=O)OCc1ccccc1. The minimum atomic E-state index is -1.37. The van der Waals surface area contributed by atoms with Crippen LogP contribution in [-0.2, 0) is 62.7 Å². The minimum absolute atomic E-state index is 0.00722. The van der Waals surface area contributed by atoms with Gasteiger partial charge in [-0.1, -0.05) is 111 Å². The van der Waals surface area contributed by atoms with Crippen molar-refractivity contribution >= 4 is 41.8 Å². The Bertz CT molecular complexity index is 1910. The molecule has 63 heavy (non-hydrogen) atoms. The zero-order valence-corrected chi connectivity index (χ0v) is 37.1. The smallest absolute Gasteiger partial charge is 0.408 e. The normalized spacial score (nSPS) is 13.4. The number of hydrogen-bond acceptors (Lipinski definition) is 11. The highest BCUT2D eigenvalue weighted by molar-refractivity contribution is 5.95. The molecule has 0 radical (unpaired) electrons. The summed E-state index contributed by atoms with van der Waals surface area (Å²) in [6, 6.07) is 22.5. The predicted molar refractivity (Wildman–Crippen MR) is 234 cm³/mol. The van der Waals surface area contributed by atoms with Gasteiger partial charge < -0.3 is 45.5 Å². The average molecular weight is 874 g/mol. The highest BCUT2D eigenvalue weighted by Crippen LogP contribution is 2.14. The lowest BCUT2D eigenvalue weighted by molar-refractivity contribution is -0.151. The standard InChI is InChI=1S/C47H63N5O11/c1-7-32(2)40(44(57)61-30-35-21-13-9-14-22-35)52-41(54)33(3)49-42(55)38(26-27-39(53)60-29-34-19-11-8-12-20-34)50-43(56)37(51-46(59)63-47(4,5)6)25-17-18-28-48-45(58)62-31-36-23-15-10-16-24-36/h8-16,19-24,32-33,37-38,40H,7,17-18,25-31H2,1-6H3,(H,48,58)(H,49,55)(H,50,56)(H,51,59)(H,52,54)/t32-,33+,37+,38+,40+/m0/s1. The Morgan fingerprint density at radius 2 is 1.08 bits per heavy atom. The number of benzene rings is 3. The molecular weight excluding hydrogens is 811 g/mol. The van der Waals surface area contributed by atoms with Gasteiger partial charge in [0.1, 0.15) is 49.6 Å². The largest absolute Gasteiger partial charge is 0.461 e. The van der Waals surface area contributed by atoms with E-state index in [0.29, 0.717) is 19.3 Å².